The van der Waals surface area contributed by atoms with Crippen molar-refractivity contribution in [3.63, 3.8) is 0 Å². The Hall–Kier alpha value is -5.55. The summed E-state index contributed by atoms with van der Waals surface area (Å²) in [5.41, 5.74) is 13.2. The number of hydrogen-bond donors (Lipinski definition) is 0. The number of para-hydroxylation sites is 1. The molecule has 0 saturated carbocycles. The first-order valence-electron chi connectivity index (χ1n) is 21.1. The molecule has 5 aromatic carbocycles. The van der Waals surface area contributed by atoms with E-state index in [1.807, 2.05) is 24.5 Å². The first-order valence-corrected chi connectivity index (χ1v) is 21.1. The van der Waals surface area contributed by atoms with Crippen molar-refractivity contribution in [1.29, 1.82) is 0 Å². The molecule has 2 heterocycles. The molecule has 300 valence electrons. The number of rotatable bonds is 12. The highest BCUT2D eigenvalue weighted by molar-refractivity contribution is 5.72. The molecule has 7 rings (SSSR count). The molecule has 58 heavy (non-hydrogen) atoms. The van der Waals surface area contributed by atoms with Gasteiger partial charge in [0.25, 0.3) is 0 Å². The SMILES string of the molecule is CC(C)Cc1cccc(CC(C)C)c1-n1ccnc1-c1ccccc1C(C)C.CC(C)c1cc(-c2ccccc2)cc(C(C)C)c1-n1ccnc1-c1ccccc1F. The number of benzene rings is 5. The Bertz CT molecular complexity index is 2350. The Morgan fingerprint density at radius 3 is 1.45 bits per heavy atom. The van der Waals surface area contributed by atoms with Crippen LogP contribution in [0.25, 0.3) is 45.3 Å². The van der Waals surface area contributed by atoms with Gasteiger partial charge in [0.2, 0.25) is 0 Å². The van der Waals surface area contributed by atoms with E-state index in [0.717, 1.165) is 24.4 Å². The highest BCUT2D eigenvalue weighted by Crippen LogP contribution is 2.38. The van der Waals surface area contributed by atoms with Crippen LogP contribution in [0.3, 0.4) is 0 Å². The van der Waals surface area contributed by atoms with Crippen LogP contribution in [0.2, 0.25) is 0 Å². The van der Waals surface area contributed by atoms with E-state index in [2.05, 4.69) is 168 Å². The van der Waals surface area contributed by atoms with Gasteiger partial charge in [0.05, 0.1) is 16.9 Å². The van der Waals surface area contributed by atoms with Gasteiger partial charge in [-0.1, -0.05) is 154 Å². The molecule has 0 aliphatic rings. The fourth-order valence-electron chi connectivity index (χ4n) is 8.01. The van der Waals surface area contributed by atoms with Crippen molar-refractivity contribution in [2.75, 3.05) is 0 Å². The molecule has 0 spiro atoms. The van der Waals surface area contributed by atoms with Crippen molar-refractivity contribution < 1.29 is 4.39 Å². The van der Waals surface area contributed by atoms with Gasteiger partial charge in [0.15, 0.2) is 0 Å². The topological polar surface area (TPSA) is 35.6 Å². The van der Waals surface area contributed by atoms with Crippen LogP contribution in [0, 0.1) is 17.7 Å². The lowest BCUT2D eigenvalue weighted by Crippen LogP contribution is -2.10. The van der Waals surface area contributed by atoms with Gasteiger partial charge in [0.1, 0.15) is 17.5 Å². The number of aromatic nitrogens is 4. The van der Waals surface area contributed by atoms with Crippen molar-refractivity contribution in [1.82, 2.24) is 19.1 Å². The van der Waals surface area contributed by atoms with Crippen molar-refractivity contribution >= 4 is 0 Å². The molecule has 2 aromatic heterocycles. The average Bonchev–Trinajstić information content (AvgIpc) is 3.88. The monoisotopic (exact) mass is 772 g/mol. The maximum atomic E-state index is 14.6. The molecule has 5 heteroatoms. The molecule has 0 amide bonds. The van der Waals surface area contributed by atoms with Gasteiger partial charge >= 0.3 is 0 Å². The predicted molar refractivity (Wildman–Crippen MR) is 243 cm³/mol. The summed E-state index contributed by atoms with van der Waals surface area (Å²) < 4.78 is 19.0. The van der Waals surface area contributed by atoms with Crippen LogP contribution >= 0.6 is 0 Å². The van der Waals surface area contributed by atoms with Crippen molar-refractivity contribution in [2.24, 2.45) is 11.8 Å². The van der Waals surface area contributed by atoms with Gasteiger partial charge < -0.3 is 0 Å². The lowest BCUT2D eigenvalue weighted by atomic mass is 9.88. The largest absolute Gasteiger partial charge is 0.299 e. The Labute approximate surface area is 346 Å². The third kappa shape index (κ3) is 9.42. The van der Waals surface area contributed by atoms with Gasteiger partial charge in [-0.05, 0) is 106 Å². The molecule has 0 saturated heterocycles. The van der Waals surface area contributed by atoms with Crippen LogP contribution in [-0.2, 0) is 12.8 Å². The third-order valence-electron chi connectivity index (χ3n) is 10.7. The fraction of sp³-hybridized carbons (Fsp3) is 0.321. The normalized spacial score (nSPS) is 11.6. The second-order valence-electron chi connectivity index (χ2n) is 17.3. The van der Waals surface area contributed by atoms with E-state index < -0.39 is 0 Å². The van der Waals surface area contributed by atoms with E-state index in [0.29, 0.717) is 41.0 Å². The summed E-state index contributed by atoms with van der Waals surface area (Å²) in [5.74, 6) is 3.71. The van der Waals surface area contributed by atoms with Crippen LogP contribution in [0.1, 0.15) is 115 Å². The predicted octanol–water partition coefficient (Wildman–Crippen LogP) is 14.7. The van der Waals surface area contributed by atoms with Crippen LogP contribution in [-0.4, -0.2) is 19.1 Å². The molecule has 4 nitrogen and oxygen atoms in total. The van der Waals surface area contributed by atoms with E-state index in [4.69, 9.17) is 4.98 Å². The zero-order valence-electron chi connectivity index (χ0n) is 36.2. The van der Waals surface area contributed by atoms with Gasteiger partial charge in [-0.15, -0.1) is 0 Å². The summed E-state index contributed by atoms with van der Waals surface area (Å²) in [4.78, 5) is 9.34. The lowest BCUT2D eigenvalue weighted by molar-refractivity contribution is 0.629. The van der Waals surface area contributed by atoms with Crippen LogP contribution < -0.4 is 0 Å². The molecule has 0 aliphatic heterocycles. The van der Waals surface area contributed by atoms with E-state index in [1.165, 1.54) is 56.3 Å². The summed E-state index contributed by atoms with van der Waals surface area (Å²) in [7, 11) is 0. The molecule has 7 aromatic rings. The third-order valence-corrected chi connectivity index (χ3v) is 10.7. The molecular formula is C53H61FN4. The van der Waals surface area contributed by atoms with Gasteiger partial charge in [-0.2, -0.15) is 0 Å². The maximum absolute atomic E-state index is 14.6. The lowest BCUT2D eigenvalue weighted by Gasteiger charge is -2.23. The Balaban J connectivity index is 0.000000196. The van der Waals surface area contributed by atoms with Gasteiger partial charge in [-0.3, -0.25) is 9.13 Å². The summed E-state index contributed by atoms with van der Waals surface area (Å²) in [6.45, 7) is 22.5. The van der Waals surface area contributed by atoms with E-state index in [9.17, 15) is 4.39 Å². The van der Waals surface area contributed by atoms with E-state index >= 15 is 0 Å². The molecule has 0 aliphatic carbocycles. The number of hydrogen-bond acceptors (Lipinski definition) is 2. The van der Waals surface area contributed by atoms with Crippen LogP contribution in [0.5, 0.6) is 0 Å². The molecule has 0 radical (unpaired) electrons. The second kappa shape index (κ2) is 18.8. The zero-order valence-corrected chi connectivity index (χ0v) is 36.2. The maximum Gasteiger partial charge on any atom is 0.147 e. The Kier molecular flexibility index (Phi) is 13.6. The number of nitrogens with zero attached hydrogens (tertiary/aromatic N) is 4. The molecule has 0 unspecified atom stereocenters. The van der Waals surface area contributed by atoms with Gasteiger partial charge in [0, 0.05) is 30.4 Å². The number of imidazole rings is 2. The quantitative estimate of drug-likeness (QED) is 0.124. The molecule has 0 atom stereocenters. The minimum Gasteiger partial charge on any atom is -0.299 e. The first-order chi connectivity index (χ1) is 27.8. The highest BCUT2D eigenvalue weighted by Gasteiger charge is 2.22. The van der Waals surface area contributed by atoms with Gasteiger partial charge in [-0.25, -0.2) is 14.4 Å². The molecule has 0 fully saturated rings. The minimum atomic E-state index is -0.261. The summed E-state index contributed by atoms with van der Waals surface area (Å²) >= 11 is 0. The Morgan fingerprint density at radius 2 is 0.931 bits per heavy atom. The highest BCUT2D eigenvalue weighted by atomic mass is 19.1. The average molecular weight is 773 g/mol. The Morgan fingerprint density at radius 1 is 0.466 bits per heavy atom. The molecular weight excluding hydrogens is 712 g/mol. The molecule has 0 N–H and O–H groups in total. The fourth-order valence-corrected chi connectivity index (χ4v) is 8.01. The summed E-state index contributed by atoms with van der Waals surface area (Å²) in [5, 5.41) is 0. The van der Waals surface area contributed by atoms with Crippen molar-refractivity contribution in [3.05, 3.63) is 168 Å². The van der Waals surface area contributed by atoms with Crippen LogP contribution in [0.4, 0.5) is 4.39 Å². The molecule has 0 bridgehead atoms. The summed E-state index contributed by atoms with van der Waals surface area (Å²) in [6.07, 6.45) is 9.92. The van der Waals surface area contributed by atoms with Crippen LogP contribution in [0.15, 0.2) is 134 Å². The van der Waals surface area contributed by atoms with Crippen molar-refractivity contribution in [3.8, 4) is 45.3 Å². The minimum absolute atomic E-state index is 0.261. The van der Waals surface area contributed by atoms with Crippen molar-refractivity contribution in [2.45, 2.75) is 99.8 Å². The smallest absolute Gasteiger partial charge is 0.147 e. The summed E-state index contributed by atoms with van der Waals surface area (Å²) in [6, 6.07) is 37.3. The second-order valence-corrected chi connectivity index (χ2v) is 17.3. The number of halogens is 1. The van der Waals surface area contributed by atoms with E-state index in [-0.39, 0.29) is 5.82 Å². The first kappa shape index (κ1) is 42.1. The zero-order chi connectivity index (χ0) is 41.5. The standard InChI is InChI=1S/C27H27FN2.C26H34N2/c1-18(2)23-16-21(20-10-6-5-7-11-20)17-24(19(3)4)26(23)30-15-14-29-27(30)22-12-8-9-13-25(22)28;1-18(2)16-21-10-9-11-22(17-19(3)4)25(21)28-15-14-27-26(28)24-13-8-7-12-23(24)20(5)6/h5-19H,1-4H3;7-15,18-20H,16-17H2,1-6H3. The van der Waals surface area contributed by atoms with E-state index in [1.54, 1.807) is 18.3 Å².